The van der Waals surface area contributed by atoms with E-state index in [9.17, 15) is 4.79 Å². The van der Waals surface area contributed by atoms with Crippen LogP contribution in [-0.2, 0) is 6.42 Å². The van der Waals surface area contributed by atoms with Gasteiger partial charge in [-0.2, -0.15) is 10.1 Å². The van der Waals surface area contributed by atoms with Gasteiger partial charge in [0.15, 0.2) is 5.82 Å². The summed E-state index contributed by atoms with van der Waals surface area (Å²) in [6.45, 7) is 0.386. The second-order valence-electron chi connectivity index (χ2n) is 5.67. The minimum Gasteiger partial charge on any atom is -0.352 e. The molecule has 9 heteroatoms. The largest absolute Gasteiger partial charge is 0.352 e. The Bertz CT molecular complexity index is 1010. The van der Waals surface area contributed by atoms with E-state index < -0.39 is 0 Å². The number of hydrogen-bond donors (Lipinski definition) is 2. The van der Waals surface area contributed by atoms with Crippen molar-refractivity contribution in [1.29, 1.82) is 0 Å². The zero-order chi connectivity index (χ0) is 18.5. The van der Waals surface area contributed by atoms with Crippen LogP contribution in [0.25, 0.3) is 22.8 Å². The van der Waals surface area contributed by atoms with Crippen LogP contribution in [0.5, 0.6) is 0 Å². The number of nitrogens with one attached hydrogen (secondary N) is 2. The van der Waals surface area contributed by atoms with Crippen molar-refractivity contribution in [1.82, 2.24) is 35.6 Å². The van der Waals surface area contributed by atoms with Crippen LogP contribution in [0.15, 0.2) is 59.6 Å². The molecule has 4 aromatic rings. The minimum atomic E-state index is -0.175. The van der Waals surface area contributed by atoms with Crippen LogP contribution in [-0.4, -0.2) is 42.8 Å². The molecule has 3 aromatic heterocycles. The molecule has 0 atom stereocenters. The van der Waals surface area contributed by atoms with E-state index >= 15 is 0 Å². The second-order valence-corrected chi connectivity index (χ2v) is 5.67. The fourth-order valence-corrected chi connectivity index (χ4v) is 2.48. The first kappa shape index (κ1) is 16.6. The first-order valence-corrected chi connectivity index (χ1v) is 8.26. The van der Waals surface area contributed by atoms with Crippen LogP contribution < -0.4 is 5.32 Å². The summed E-state index contributed by atoms with van der Waals surface area (Å²) in [5, 5.41) is 13.3. The Balaban J connectivity index is 1.31. The van der Waals surface area contributed by atoms with Crippen molar-refractivity contribution in [3.63, 3.8) is 0 Å². The van der Waals surface area contributed by atoms with Crippen LogP contribution in [0.1, 0.15) is 16.2 Å². The van der Waals surface area contributed by atoms with Crippen molar-refractivity contribution < 1.29 is 9.32 Å². The van der Waals surface area contributed by atoms with Crippen LogP contribution in [0.4, 0.5) is 0 Å². The van der Waals surface area contributed by atoms with E-state index in [1.165, 1.54) is 6.33 Å². The molecule has 134 valence electrons. The monoisotopic (exact) mass is 361 g/mol. The van der Waals surface area contributed by atoms with Crippen molar-refractivity contribution in [2.24, 2.45) is 0 Å². The van der Waals surface area contributed by atoms with Crippen LogP contribution in [0.3, 0.4) is 0 Å². The Morgan fingerprint density at radius 1 is 1.15 bits per heavy atom. The third kappa shape index (κ3) is 3.87. The number of H-pyrrole nitrogens is 1. The molecule has 0 aliphatic rings. The van der Waals surface area contributed by atoms with Crippen molar-refractivity contribution in [2.75, 3.05) is 6.54 Å². The minimum absolute atomic E-state index is 0.175. The first-order valence-electron chi connectivity index (χ1n) is 8.26. The maximum Gasteiger partial charge on any atom is 0.251 e. The second kappa shape index (κ2) is 7.56. The van der Waals surface area contributed by atoms with Crippen LogP contribution in [0, 0.1) is 0 Å². The molecular weight excluding hydrogens is 346 g/mol. The standard InChI is InChI=1S/C18H15N7O2/c26-18(13-5-3-12(4-6-13)16-21-11-22-24-16)20-9-7-15-23-17(25-27-15)14-2-1-8-19-10-14/h1-6,8,10-11H,7,9H2,(H,20,26)(H,21,22,24). The maximum atomic E-state index is 12.2. The molecule has 9 nitrogen and oxygen atoms in total. The summed E-state index contributed by atoms with van der Waals surface area (Å²) in [5.74, 6) is 1.41. The Kier molecular flexibility index (Phi) is 4.64. The van der Waals surface area contributed by atoms with Gasteiger partial charge in [-0.15, -0.1) is 0 Å². The third-order valence-corrected chi connectivity index (χ3v) is 3.85. The molecule has 0 saturated carbocycles. The van der Waals surface area contributed by atoms with Gasteiger partial charge >= 0.3 is 0 Å². The van der Waals surface area contributed by atoms with Crippen molar-refractivity contribution in [3.8, 4) is 22.8 Å². The van der Waals surface area contributed by atoms with Crippen LogP contribution in [0.2, 0.25) is 0 Å². The molecular formula is C18H15N7O2. The van der Waals surface area contributed by atoms with E-state index in [2.05, 4.69) is 35.6 Å². The number of carbonyl (C=O) groups is 1. The van der Waals surface area contributed by atoms with Gasteiger partial charge < -0.3 is 9.84 Å². The topological polar surface area (TPSA) is 122 Å². The van der Waals surface area contributed by atoms with Gasteiger partial charge in [0.05, 0.1) is 0 Å². The molecule has 0 aliphatic carbocycles. The van der Waals surface area contributed by atoms with E-state index in [1.54, 1.807) is 30.6 Å². The zero-order valence-corrected chi connectivity index (χ0v) is 14.2. The predicted octanol–water partition coefficient (Wildman–Crippen LogP) is 1.89. The third-order valence-electron chi connectivity index (χ3n) is 3.85. The summed E-state index contributed by atoms with van der Waals surface area (Å²) < 4.78 is 5.21. The molecule has 3 heterocycles. The molecule has 27 heavy (non-hydrogen) atoms. The Hall–Kier alpha value is -3.88. The fraction of sp³-hybridized carbons (Fsp3) is 0.111. The lowest BCUT2D eigenvalue weighted by molar-refractivity contribution is 0.0953. The van der Waals surface area contributed by atoms with Gasteiger partial charge in [0.1, 0.15) is 6.33 Å². The lowest BCUT2D eigenvalue weighted by atomic mass is 10.1. The number of benzene rings is 1. The van der Waals surface area contributed by atoms with Crippen molar-refractivity contribution in [2.45, 2.75) is 6.42 Å². The SMILES string of the molecule is O=C(NCCc1nc(-c2cccnc2)no1)c1ccc(-c2ncn[nH]2)cc1. The van der Waals surface area contributed by atoms with Crippen LogP contribution >= 0.6 is 0 Å². The molecule has 0 fully saturated rings. The van der Waals surface area contributed by atoms with Crippen molar-refractivity contribution >= 4 is 5.91 Å². The summed E-state index contributed by atoms with van der Waals surface area (Å²) in [4.78, 5) is 24.6. The molecule has 0 unspecified atom stereocenters. The van der Waals surface area contributed by atoms with Crippen molar-refractivity contribution in [3.05, 3.63) is 66.6 Å². The van der Waals surface area contributed by atoms with Gasteiger partial charge in [0, 0.05) is 42.0 Å². The molecule has 0 radical (unpaired) electrons. The average Bonchev–Trinajstić information content (AvgIpc) is 3.41. The molecule has 2 N–H and O–H groups in total. The Labute approximate surface area is 153 Å². The fourth-order valence-electron chi connectivity index (χ4n) is 2.48. The summed E-state index contributed by atoms with van der Waals surface area (Å²) in [6, 6.07) is 10.8. The summed E-state index contributed by atoms with van der Waals surface area (Å²) in [7, 11) is 0. The lowest BCUT2D eigenvalue weighted by Gasteiger charge is -2.04. The molecule has 1 aromatic carbocycles. The van der Waals surface area contributed by atoms with Gasteiger partial charge in [-0.25, -0.2) is 4.98 Å². The van der Waals surface area contributed by atoms with E-state index in [1.807, 2.05) is 18.2 Å². The maximum absolute atomic E-state index is 12.2. The number of aromatic amines is 1. The Morgan fingerprint density at radius 2 is 2.04 bits per heavy atom. The summed E-state index contributed by atoms with van der Waals surface area (Å²) in [6.07, 6.45) is 5.22. The molecule has 0 spiro atoms. The highest BCUT2D eigenvalue weighted by molar-refractivity contribution is 5.94. The molecule has 1 amide bonds. The number of hydrogen-bond acceptors (Lipinski definition) is 7. The highest BCUT2D eigenvalue weighted by Gasteiger charge is 2.10. The normalized spacial score (nSPS) is 10.7. The van der Waals surface area contributed by atoms with Gasteiger partial charge in [-0.3, -0.25) is 14.9 Å². The highest BCUT2D eigenvalue weighted by Crippen LogP contribution is 2.15. The molecule has 0 aliphatic heterocycles. The predicted molar refractivity (Wildman–Crippen MR) is 95.4 cm³/mol. The molecule has 0 bridgehead atoms. The van der Waals surface area contributed by atoms with Gasteiger partial charge in [0.2, 0.25) is 11.7 Å². The van der Waals surface area contributed by atoms with Gasteiger partial charge in [-0.1, -0.05) is 17.3 Å². The van der Waals surface area contributed by atoms with E-state index in [0.717, 1.165) is 11.1 Å². The van der Waals surface area contributed by atoms with Gasteiger partial charge in [-0.05, 0) is 24.3 Å². The number of nitrogens with zero attached hydrogens (tertiary/aromatic N) is 5. The number of rotatable bonds is 6. The summed E-state index contributed by atoms with van der Waals surface area (Å²) in [5.41, 5.74) is 2.20. The molecule has 0 saturated heterocycles. The van der Waals surface area contributed by atoms with E-state index in [4.69, 9.17) is 4.52 Å². The molecule has 4 rings (SSSR count). The van der Waals surface area contributed by atoms with E-state index in [-0.39, 0.29) is 5.91 Å². The number of carbonyl (C=O) groups excluding carboxylic acids is 1. The zero-order valence-electron chi connectivity index (χ0n) is 14.2. The summed E-state index contributed by atoms with van der Waals surface area (Å²) >= 11 is 0. The number of aromatic nitrogens is 6. The average molecular weight is 361 g/mol. The van der Waals surface area contributed by atoms with E-state index in [0.29, 0.717) is 36.1 Å². The smallest absolute Gasteiger partial charge is 0.251 e. The quantitative estimate of drug-likeness (QED) is 0.537. The highest BCUT2D eigenvalue weighted by atomic mass is 16.5. The first-order chi connectivity index (χ1) is 13.3. The van der Waals surface area contributed by atoms with Gasteiger partial charge in [0.25, 0.3) is 5.91 Å². The lowest BCUT2D eigenvalue weighted by Crippen LogP contribution is -2.25. The Morgan fingerprint density at radius 3 is 2.78 bits per heavy atom. The number of amides is 1. The number of pyridine rings is 1.